The van der Waals surface area contributed by atoms with E-state index < -0.39 is 5.92 Å². The fraction of sp³-hybridized carbons (Fsp3) is 0.250. The maximum Gasteiger partial charge on any atom is 0.125 e. The van der Waals surface area contributed by atoms with Crippen LogP contribution in [0, 0.1) is 20.8 Å². The van der Waals surface area contributed by atoms with Crippen LogP contribution in [-0.2, 0) is 6.42 Å². The molecule has 0 unspecified atom stereocenters. The minimum absolute atomic E-state index is 0.00553. The maximum atomic E-state index is 10.7. The Hall–Kier alpha value is -3.54. The molecule has 0 aromatic heterocycles. The lowest BCUT2D eigenvalue weighted by atomic mass is 9.83. The van der Waals surface area contributed by atoms with Crippen molar-refractivity contribution in [2.45, 2.75) is 39.5 Å². The molecule has 6 nitrogen and oxygen atoms in total. The van der Waals surface area contributed by atoms with Gasteiger partial charge in [0, 0.05) is 33.7 Å². The van der Waals surface area contributed by atoms with Gasteiger partial charge >= 0.3 is 0 Å². The molecule has 0 fully saturated rings. The van der Waals surface area contributed by atoms with E-state index in [1.807, 2.05) is 0 Å². The Kier molecular flexibility index (Phi) is 5.69. The number of rotatable bonds is 5. The van der Waals surface area contributed by atoms with E-state index >= 15 is 0 Å². The first-order chi connectivity index (χ1) is 14.1. The molecule has 3 aromatic carbocycles. The van der Waals surface area contributed by atoms with E-state index in [4.69, 9.17) is 0 Å². The van der Waals surface area contributed by atoms with Crippen molar-refractivity contribution in [1.82, 2.24) is 0 Å². The Bertz CT molecular complexity index is 1050. The second kappa shape index (κ2) is 8.06. The summed E-state index contributed by atoms with van der Waals surface area (Å²) in [6.07, 6.45) is 0.809. The summed E-state index contributed by atoms with van der Waals surface area (Å²) in [5, 5.41) is 61.3. The maximum absolute atomic E-state index is 10.7. The molecular weight excluding hydrogens is 384 g/mol. The topological polar surface area (TPSA) is 121 Å². The van der Waals surface area contributed by atoms with Crippen molar-refractivity contribution in [3.05, 3.63) is 69.8 Å². The molecule has 0 amide bonds. The van der Waals surface area contributed by atoms with Crippen molar-refractivity contribution in [3.8, 4) is 34.5 Å². The molecule has 0 aliphatic carbocycles. The minimum atomic E-state index is -0.475. The van der Waals surface area contributed by atoms with Crippen molar-refractivity contribution in [2.75, 3.05) is 0 Å². The number of hydrogen-bond donors (Lipinski definition) is 6. The summed E-state index contributed by atoms with van der Waals surface area (Å²) in [5.74, 6) is -0.678. The predicted octanol–water partition coefficient (Wildman–Crippen LogP) is 4.61. The van der Waals surface area contributed by atoms with Gasteiger partial charge in [-0.1, -0.05) is 18.2 Å². The van der Waals surface area contributed by atoms with Gasteiger partial charge in [-0.2, -0.15) is 0 Å². The highest BCUT2D eigenvalue weighted by atomic mass is 16.3. The van der Waals surface area contributed by atoms with Gasteiger partial charge in [0.1, 0.15) is 34.5 Å². The molecule has 0 radical (unpaired) electrons. The average molecular weight is 410 g/mol. The Balaban J connectivity index is 2.09. The number of benzene rings is 3. The van der Waals surface area contributed by atoms with Gasteiger partial charge < -0.3 is 30.6 Å². The van der Waals surface area contributed by atoms with Crippen molar-refractivity contribution < 1.29 is 30.6 Å². The van der Waals surface area contributed by atoms with E-state index in [2.05, 4.69) is 0 Å². The smallest absolute Gasteiger partial charge is 0.125 e. The van der Waals surface area contributed by atoms with E-state index in [1.54, 1.807) is 39.0 Å². The van der Waals surface area contributed by atoms with E-state index in [0.29, 0.717) is 46.2 Å². The second-order valence-electron chi connectivity index (χ2n) is 7.60. The largest absolute Gasteiger partial charge is 0.508 e. The highest BCUT2D eigenvalue weighted by Crippen LogP contribution is 2.44. The first kappa shape index (κ1) is 21.2. The Morgan fingerprint density at radius 1 is 0.567 bits per heavy atom. The van der Waals surface area contributed by atoms with Gasteiger partial charge in [-0.15, -0.1) is 0 Å². The minimum Gasteiger partial charge on any atom is -0.508 e. The van der Waals surface area contributed by atoms with Crippen LogP contribution in [0.2, 0.25) is 0 Å². The SMILES string of the molecule is Cc1c(O)ccc(CCC(c2ccc(O)c(C)c2O)c2ccc(O)c(C)c2O)c1O. The normalized spacial score (nSPS) is 11.2. The average Bonchev–Trinajstić information content (AvgIpc) is 2.72. The number of aromatic hydroxyl groups is 6. The van der Waals surface area contributed by atoms with Gasteiger partial charge in [0.05, 0.1) is 0 Å². The summed E-state index contributed by atoms with van der Waals surface area (Å²) in [7, 11) is 0. The fourth-order valence-corrected chi connectivity index (χ4v) is 3.71. The van der Waals surface area contributed by atoms with E-state index in [-0.39, 0.29) is 34.5 Å². The van der Waals surface area contributed by atoms with Gasteiger partial charge in [-0.25, -0.2) is 0 Å². The molecule has 0 spiro atoms. The zero-order valence-corrected chi connectivity index (χ0v) is 17.1. The first-order valence-corrected chi connectivity index (χ1v) is 9.66. The first-order valence-electron chi connectivity index (χ1n) is 9.66. The standard InChI is InChI=1S/C24H26O6/c1-12-19(25)9-5-15(22(12)28)4-6-16(17-7-10-20(26)13(2)23(17)29)18-8-11-21(27)14(3)24(18)30/h5,7-11,16,25-30H,4,6H2,1-3H3. The zero-order chi connectivity index (χ0) is 22.2. The molecule has 6 N–H and O–H groups in total. The summed E-state index contributed by atoms with van der Waals surface area (Å²) >= 11 is 0. The molecule has 3 rings (SSSR count). The van der Waals surface area contributed by atoms with Gasteiger partial charge in [-0.3, -0.25) is 0 Å². The summed E-state index contributed by atoms with van der Waals surface area (Å²) in [6.45, 7) is 4.82. The fourth-order valence-electron chi connectivity index (χ4n) is 3.71. The van der Waals surface area contributed by atoms with Crippen LogP contribution in [0.1, 0.15) is 45.7 Å². The van der Waals surface area contributed by atoms with Crippen molar-refractivity contribution in [3.63, 3.8) is 0 Å². The third-order valence-electron chi connectivity index (χ3n) is 5.81. The Morgan fingerprint density at radius 2 is 0.967 bits per heavy atom. The molecule has 0 bridgehead atoms. The number of phenols is 6. The van der Waals surface area contributed by atoms with Crippen LogP contribution in [0.25, 0.3) is 0 Å². The lowest BCUT2D eigenvalue weighted by molar-refractivity contribution is 0.426. The lowest BCUT2D eigenvalue weighted by Crippen LogP contribution is -2.06. The Labute approximate surface area is 175 Å². The van der Waals surface area contributed by atoms with E-state index in [0.717, 1.165) is 0 Å². The van der Waals surface area contributed by atoms with Crippen molar-refractivity contribution in [2.24, 2.45) is 0 Å². The Morgan fingerprint density at radius 3 is 1.43 bits per heavy atom. The molecule has 0 saturated heterocycles. The van der Waals surface area contributed by atoms with Gasteiger partial charge in [-0.05, 0) is 57.4 Å². The second-order valence-corrected chi connectivity index (χ2v) is 7.60. The molecule has 0 aliphatic rings. The van der Waals surface area contributed by atoms with Crippen LogP contribution >= 0.6 is 0 Å². The third kappa shape index (κ3) is 3.68. The van der Waals surface area contributed by atoms with Crippen LogP contribution in [0.5, 0.6) is 34.5 Å². The highest BCUT2D eigenvalue weighted by molar-refractivity contribution is 5.56. The van der Waals surface area contributed by atoms with Gasteiger partial charge in [0.15, 0.2) is 0 Å². The van der Waals surface area contributed by atoms with Crippen LogP contribution in [0.15, 0.2) is 36.4 Å². The summed E-state index contributed by atoms with van der Waals surface area (Å²) in [5.41, 5.74) is 2.70. The van der Waals surface area contributed by atoms with Crippen LogP contribution < -0.4 is 0 Å². The molecule has 0 aliphatic heterocycles. The zero-order valence-electron chi connectivity index (χ0n) is 17.1. The van der Waals surface area contributed by atoms with E-state index in [9.17, 15) is 30.6 Å². The summed E-state index contributed by atoms with van der Waals surface area (Å²) in [4.78, 5) is 0. The van der Waals surface area contributed by atoms with Crippen molar-refractivity contribution >= 4 is 0 Å². The predicted molar refractivity (Wildman–Crippen MR) is 114 cm³/mol. The molecule has 0 heterocycles. The highest BCUT2D eigenvalue weighted by Gasteiger charge is 2.25. The van der Waals surface area contributed by atoms with Gasteiger partial charge in [0.25, 0.3) is 0 Å². The number of aryl methyl sites for hydroxylation is 1. The molecule has 30 heavy (non-hydrogen) atoms. The number of hydrogen-bond acceptors (Lipinski definition) is 6. The molecular formula is C24H26O6. The molecule has 158 valence electrons. The van der Waals surface area contributed by atoms with E-state index in [1.165, 1.54) is 18.2 Å². The molecule has 3 aromatic rings. The third-order valence-corrected chi connectivity index (χ3v) is 5.81. The van der Waals surface area contributed by atoms with Crippen molar-refractivity contribution in [1.29, 1.82) is 0 Å². The summed E-state index contributed by atoms with van der Waals surface area (Å²) < 4.78 is 0. The number of phenolic OH excluding ortho intramolecular Hbond substituents is 6. The van der Waals surface area contributed by atoms with Crippen LogP contribution in [-0.4, -0.2) is 30.6 Å². The van der Waals surface area contributed by atoms with Gasteiger partial charge in [0.2, 0.25) is 0 Å². The van der Waals surface area contributed by atoms with Crippen LogP contribution in [0.4, 0.5) is 0 Å². The quantitative estimate of drug-likeness (QED) is 0.365. The molecule has 0 atom stereocenters. The summed E-state index contributed by atoms with van der Waals surface area (Å²) in [6, 6.07) is 9.34. The molecule has 6 heteroatoms. The van der Waals surface area contributed by atoms with Crippen LogP contribution in [0.3, 0.4) is 0 Å². The molecule has 0 saturated carbocycles. The lowest BCUT2D eigenvalue weighted by Gasteiger charge is -2.23. The monoisotopic (exact) mass is 410 g/mol.